The second-order valence-corrected chi connectivity index (χ2v) is 9.75. The fourth-order valence-corrected chi connectivity index (χ4v) is 5.21. The quantitative estimate of drug-likeness (QED) is 0.441. The fourth-order valence-electron chi connectivity index (χ4n) is 3.16. The molecule has 0 saturated carbocycles. The number of benzene rings is 1. The summed E-state index contributed by atoms with van der Waals surface area (Å²) in [4.78, 5) is 46.5. The summed E-state index contributed by atoms with van der Waals surface area (Å²) in [6, 6.07) is 10.8. The Labute approximate surface area is 196 Å². The van der Waals surface area contributed by atoms with Crippen LogP contribution in [0, 0.1) is 6.92 Å². The highest BCUT2D eigenvalue weighted by molar-refractivity contribution is 7.19. The number of amides is 2. The predicted octanol–water partition coefficient (Wildman–Crippen LogP) is 4.25. The van der Waals surface area contributed by atoms with E-state index in [9.17, 15) is 14.4 Å². The van der Waals surface area contributed by atoms with Crippen molar-refractivity contribution >= 4 is 62.0 Å². The molecule has 1 N–H and O–H groups in total. The van der Waals surface area contributed by atoms with Gasteiger partial charge in [-0.15, -0.1) is 22.7 Å². The van der Waals surface area contributed by atoms with Crippen LogP contribution in [-0.2, 0) is 16.1 Å². The highest BCUT2D eigenvalue weighted by Gasteiger charge is 2.18. The minimum Gasteiger partial charge on any atom is -0.335 e. The number of anilines is 1. The van der Waals surface area contributed by atoms with Crippen LogP contribution in [0.2, 0.25) is 5.02 Å². The number of nitrogens with one attached hydrogen (secondary N) is 1. The number of carbonyl (C=O) groups excluding carboxylic acids is 2. The minimum absolute atomic E-state index is 0.174. The molecule has 0 saturated heterocycles. The number of halogens is 1. The molecule has 0 aliphatic heterocycles. The number of rotatable bonds is 6. The van der Waals surface area contributed by atoms with Gasteiger partial charge in [0.25, 0.3) is 5.56 Å². The van der Waals surface area contributed by atoms with Crippen molar-refractivity contribution in [3.05, 3.63) is 68.4 Å². The Kier molecular flexibility index (Phi) is 6.40. The van der Waals surface area contributed by atoms with Crippen LogP contribution in [0.3, 0.4) is 0 Å². The van der Waals surface area contributed by atoms with E-state index in [4.69, 9.17) is 11.6 Å². The smallest absolute Gasteiger partial charge is 0.263 e. The zero-order chi connectivity index (χ0) is 22.8. The summed E-state index contributed by atoms with van der Waals surface area (Å²) in [5.74, 6) is -0.769. The number of likely N-dealkylation sites (N-methyl/N-ethyl adjacent to an activating group) is 1. The van der Waals surface area contributed by atoms with E-state index < -0.39 is 0 Å². The second kappa shape index (κ2) is 9.23. The van der Waals surface area contributed by atoms with Crippen LogP contribution in [0.1, 0.15) is 4.88 Å². The van der Waals surface area contributed by atoms with Gasteiger partial charge in [0.05, 0.1) is 29.0 Å². The second-order valence-electron chi connectivity index (χ2n) is 7.20. The lowest BCUT2D eigenvalue weighted by Crippen LogP contribution is -2.38. The number of nitrogens with zero attached hydrogens (tertiary/aromatic N) is 3. The maximum Gasteiger partial charge on any atom is 0.263 e. The van der Waals surface area contributed by atoms with Crippen molar-refractivity contribution in [1.29, 1.82) is 0 Å². The molecule has 0 aliphatic carbocycles. The third-order valence-electron chi connectivity index (χ3n) is 4.83. The summed E-state index contributed by atoms with van der Waals surface area (Å²) in [7, 11) is 1.51. The lowest BCUT2D eigenvalue weighted by molar-refractivity contribution is -0.133. The van der Waals surface area contributed by atoms with E-state index in [-0.39, 0.29) is 30.5 Å². The Morgan fingerprint density at radius 2 is 2.00 bits per heavy atom. The molecule has 2 amide bonds. The molecule has 4 rings (SSSR count). The number of fused-ring (bicyclic) bond motifs is 1. The van der Waals surface area contributed by atoms with Gasteiger partial charge in [0.2, 0.25) is 11.8 Å². The molecule has 0 bridgehead atoms. The highest BCUT2D eigenvalue weighted by Crippen LogP contribution is 2.34. The Balaban J connectivity index is 1.49. The number of aryl methyl sites for hydroxylation is 1. The van der Waals surface area contributed by atoms with Crippen LogP contribution in [0.4, 0.5) is 5.69 Å². The molecule has 3 aromatic heterocycles. The molecule has 7 nitrogen and oxygen atoms in total. The predicted molar refractivity (Wildman–Crippen MR) is 130 cm³/mol. The van der Waals surface area contributed by atoms with Crippen LogP contribution >= 0.6 is 34.3 Å². The Morgan fingerprint density at radius 1 is 1.22 bits per heavy atom. The molecular weight excluding hydrogens is 468 g/mol. The molecule has 0 aliphatic rings. The Hall–Kier alpha value is -3.01. The van der Waals surface area contributed by atoms with E-state index in [1.54, 1.807) is 35.6 Å². The van der Waals surface area contributed by atoms with E-state index in [2.05, 4.69) is 10.3 Å². The first-order valence-electron chi connectivity index (χ1n) is 9.65. The third kappa shape index (κ3) is 4.59. The van der Waals surface area contributed by atoms with E-state index in [1.165, 1.54) is 34.2 Å². The van der Waals surface area contributed by atoms with Crippen LogP contribution in [-0.4, -0.2) is 39.9 Å². The molecule has 164 valence electrons. The zero-order valence-electron chi connectivity index (χ0n) is 17.3. The molecule has 0 atom stereocenters. The van der Waals surface area contributed by atoms with Crippen molar-refractivity contribution in [2.24, 2.45) is 0 Å². The number of para-hydroxylation sites is 1. The number of thiophene rings is 2. The van der Waals surface area contributed by atoms with Crippen LogP contribution < -0.4 is 10.9 Å². The van der Waals surface area contributed by atoms with Gasteiger partial charge in [-0.2, -0.15) is 0 Å². The first-order valence-corrected chi connectivity index (χ1v) is 11.7. The average Bonchev–Trinajstić information content (AvgIpc) is 3.38. The van der Waals surface area contributed by atoms with E-state index >= 15 is 0 Å². The van der Waals surface area contributed by atoms with Crippen LogP contribution in [0.15, 0.2) is 52.9 Å². The lowest BCUT2D eigenvalue weighted by atomic mass is 10.2. The zero-order valence-corrected chi connectivity index (χ0v) is 19.7. The van der Waals surface area contributed by atoms with Gasteiger partial charge in [0.15, 0.2) is 0 Å². The molecule has 0 fully saturated rings. The van der Waals surface area contributed by atoms with Crippen molar-refractivity contribution in [3.8, 4) is 10.4 Å². The Morgan fingerprint density at radius 3 is 2.72 bits per heavy atom. The van der Waals surface area contributed by atoms with Crippen LogP contribution in [0.25, 0.3) is 20.7 Å². The maximum absolute atomic E-state index is 13.1. The monoisotopic (exact) mass is 486 g/mol. The Bertz CT molecular complexity index is 1380. The standard InChI is InChI=1S/C22H19ClN4O3S2/c1-13-7-8-17(32-13)14-11-31-21-20(14)22(30)27(12-24-21)10-19(29)26(2)9-18(28)25-16-6-4-3-5-15(16)23/h3-8,11-12H,9-10H2,1-2H3,(H,25,28). The summed E-state index contributed by atoms with van der Waals surface area (Å²) in [5, 5.41) is 5.51. The molecule has 0 radical (unpaired) electrons. The largest absolute Gasteiger partial charge is 0.335 e. The number of carbonyl (C=O) groups is 2. The third-order valence-corrected chi connectivity index (χ3v) is 7.08. The van der Waals surface area contributed by atoms with E-state index in [0.717, 1.165) is 15.3 Å². The molecular formula is C22H19ClN4O3S2. The summed E-state index contributed by atoms with van der Waals surface area (Å²) in [6.07, 6.45) is 1.38. The van der Waals surface area contributed by atoms with Gasteiger partial charge in [0.1, 0.15) is 11.4 Å². The molecule has 0 unspecified atom stereocenters. The SMILES string of the molecule is Cc1ccc(-c2csc3ncn(CC(=O)N(C)CC(=O)Nc4ccccc4Cl)c(=O)c23)s1. The van der Waals surface area contributed by atoms with Crippen molar-refractivity contribution in [1.82, 2.24) is 14.5 Å². The lowest BCUT2D eigenvalue weighted by Gasteiger charge is -2.17. The first kappa shape index (κ1) is 22.2. The molecule has 32 heavy (non-hydrogen) atoms. The van der Waals surface area contributed by atoms with Crippen molar-refractivity contribution in [2.75, 3.05) is 18.9 Å². The minimum atomic E-state index is -0.386. The highest BCUT2D eigenvalue weighted by atomic mass is 35.5. The molecule has 3 heterocycles. The van der Waals surface area contributed by atoms with Gasteiger partial charge in [-0.3, -0.25) is 19.0 Å². The maximum atomic E-state index is 13.1. The average molecular weight is 487 g/mol. The first-order chi connectivity index (χ1) is 15.3. The molecule has 10 heteroatoms. The molecule has 4 aromatic rings. The van der Waals surface area contributed by atoms with Crippen molar-refractivity contribution < 1.29 is 9.59 Å². The van der Waals surface area contributed by atoms with Gasteiger partial charge in [-0.05, 0) is 31.2 Å². The summed E-state index contributed by atoms with van der Waals surface area (Å²) >= 11 is 9.05. The van der Waals surface area contributed by atoms with Gasteiger partial charge in [-0.1, -0.05) is 23.7 Å². The van der Waals surface area contributed by atoms with E-state index in [0.29, 0.717) is 20.9 Å². The van der Waals surface area contributed by atoms with Gasteiger partial charge in [-0.25, -0.2) is 4.98 Å². The van der Waals surface area contributed by atoms with Crippen molar-refractivity contribution in [3.63, 3.8) is 0 Å². The molecule has 1 aromatic carbocycles. The van der Waals surface area contributed by atoms with E-state index in [1.807, 2.05) is 24.4 Å². The summed E-state index contributed by atoms with van der Waals surface area (Å²) < 4.78 is 1.28. The topological polar surface area (TPSA) is 84.3 Å². The number of hydrogen-bond donors (Lipinski definition) is 1. The van der Waals surface area contributed by atoms with Gasteiger partial charge >= 0.3 is 0 Å². The summed E-state index contributed by atoms with van der Waals surface area (Å²) in [6.45, 7) is 1.62. The number of aromatic nitrogens is 2. The normalized spacial score (nSPS) is 11.0. The van der Waals surface area contributed by atoms with Crippen LogP contribution in [0.5, 0.6) is 0 Å². The van der Waals surface area contributed by atoms with Crippen molar-refractivity contribution in [2.45, 2.75) is 13.5 Å². The van der Waals surface area contributed by atoms with Gasteiger partial charge < -0.3 is 10.2 Å². The summed E-state index contributed by atoms with van der Waals surface area (Å²) in [5.41, 5.74) is 1.02. The number of hydrogen-bond acceptors (Lipinski definition) is 6. The van der Waals surface area contributed by atoms with Gasteiger partial charge in [0, 0.05) is 27.7 Å². The molecule has 0 spiro atoms. The fraction of sp³-hybridized carbons (Fsp3) is 0.182.